The van der Waals surface area contributed by atoms with Crippen LogP contribution in [-0.4, -0.2) is 26.0 Å². The maximum Gasteiger partial charge on any atom is 0.282 e. The fourth-order valence-corrected chi connectivity index (χ4v) is 3.62. The minimum atomic E-state index is -0.420. The monoisotopic (exact) mass is 428 g/mol. The van der Waals surface area contributed by atoms with Crippen LogP contribution >= 0.6 is 0 Å². The molecule has 0 spiro atoms. The van der Waals surface area contributed by atoms with E-state index in [1.807, 2.05) is 50.2 Å². The molecule has 6 nitrogen and oxygen atoms in total. The highest BCUT2D eigenvalue weighted by atomic mass is 16.5. The molecular formula is C26H24N2O4. The first kappa shape index (κ1) is 21.2. The number of amides is 2. The van der Waals surface area contributed by atoms with Crippen LogP contribution in [0, 0.1) is 13.8 Å². The van der Waals surface area contributed by atoms with Gasteiger partial charge in [0.25, 0.3) is 11.8 Å². The summed E-state index contributed by atoms with van der Waals surface area (Å²) in [4.78, 5) is 28.2. The van der Waals surface area contributed by atoms with Crippen molar-refractivity contribution in [3.05, 3.63) is 89.1 Å². The lowest BCUT2D eigenvalue weighted by Gasteiger charge is -2.16. The third kappa shape index (κ3) is 3.83. The SMILES string of the molecule is COc1ccc(N2C(=O)C(Nc3cccc(OC)c3)=C(c3ccc(C)c(C)c3)C2=O)cc1. The molecule has 0 aromatic heterocycles. The summed E-state index contributed by atoms with van der Waals surface area (Å²) in [5.41, 5.74) is 4.52. The molecule has 0 radical (unpaired) electrons. The lowest BCUT2D eigenvalue weighted by Crippen LogP contribution is -2.32. The van der Waals surface area contributed by atoms with Crippen molar-refractivity contribution in [2.24, 2.45) is 0 Å². The number of aryl methyl sites for hydroxylation is 2. The van der Waals surface area contributed by atoms with Crippen LogP contribution in [0.2, 0.25) is 0 Å². The molecule has 0 aliphatic carbocycles. The predicted molar refractivity (Wildman–Crippen MR) is 125 cm³/mol. The number of ether oxygens (including phenoxy) is 2. The molecule has 32 heavy (non-hydrogen) atoms. The summed E-state index contributed by atoms with van der Waals surface area (Å²) in [6, 6.07) is 19.8. The number of carbonyl (C=O) groups excluding carboxylic acids is 2. The van der Waals surface area contributed by atoms with Gasteiger partial charge in [-0.2, -0.15) is 0 Å². The summed E-state index contributed by atoms with van der Waals surface area (Å²) in [6.07, 6.45) is 0. The van der Waals surface area contributed by atoms with Gasteiger partial charge in [-0.25, -0.2) is 4.90 Å². The van der Waals surface area contributed by atoms with Gasteiger partial charge >= 0.3 is 0 Å². The number of methoxy groups -OCH3 is 2. The Balaban J connectivity index is 1.81. The minimum absolute atomic E-state index is 0.224. The molecule has 1 aliphatic rings. The van der Waals surface area contributed by atoms with Gasteiger partial charge in [0.05, 0.1) is 25.5 Å². The Kier molecular flexibility index (Phi) is 5.69. The van der Waals surface area contributed by atoms with Gasteiger partial charge in [-0.15, -0.1) is 0 Å². The van der Waals surface area contributed by atoms with E-state index >= 15 is 0 Å². The number of carbonyl (C=O) groups is 2. The van der Waals surface area contributed by atoms with Crippen LogP contribution in [0.4, 0.5) is 11.4 Å². The van der Waals surface area contributed by atoms with Gasteiger partial charge in [0, 0.05) is 11.8 Å². The zero-order valence-corrected chi connectivity index (χ0v) is 18.4. The zero-order valence-electron chi connectivity index (χ0n) is 18.4. The molecule has 3 aromatic carbocycles. The molecule has 0 fully saturated rings. The first-order chi connectivity index (χ1) is 15.4. The van der Waals surface area contributed by atoms with Crippen LogP contribution in [0.1, 0.15) is 16.7 Å². The second kappa shape index (κ2) is 8.59. The van der Waals surface area contributed by atoms with Crippen molar-refractivity contribution in [3.63, 3.8) is 0 Å². The van der Waals surface area contributed by atoms with Gasteiger partial charge in [0.1, 0.15) is 17.2 Å². The second-order valence-electron chi connectivity index (χ2n) is 7.55. The summed E-state index contributed by atoms with van der Waals surface area (Å²) < 4.78 is 10.5. The van der Waals surface area contributed by atoms with Crippen LogP contribution in [0.15, 0.2) is 72.4 Å². The first-order valence-electron chi connectivity index (χ1n) is 10.2. The molecule has 3 aromatic rings. The average molecular weight is 428 g/mol. The van der Waals surface area contributed by atoms with Crippen molar-refractivity contribution in [1.82, 2.24) is 0 Å². The molecule has 0 saturated heterocycles. The quantitative estimate of drug-likeness (QED) is 0.576. The predicted octanol–water partition coefficient (Wildman–Crippen LogP) is 4.72. The third-order valence-electron chi connectivity index (χ3n) is 5.55. The Morgan fingerprint density at radius 3 is 2.12 bits per heavy atom. The van der Waals surface area contributed by atoms with E-state index in [1.165, 1.54) is 4.90 Å². The number of benzene rings is 3. The van der Waals surface area contributed by atoms with Crippen molar-refractivity contribution in [3.8, 4) is 11.5 Å². The van der Waals surface area contributed by atoms with E-state index in [0.29, 0.717) is 34.0 Å². The van der Waals surface area contributed by atoms with Gasteiger partial charge in [-0.1, -0.05) is 24.3 Å². The van der Waals surface area contributed by atoms with Crippen LogP contribution in [0.3, 0.4) is 0 Å². The Hall–Kier alpha value is -4.06. The lowest BCUT2D eigenvalue weighted by molar-refractivity contribution is -0.120. The van der Waals surface area contributed by atoms with E-state index in [4.69, 9.17) is 9.47 Å². The van der Waals surface area contributed by atoms with Crippen molar-refractivity contribution in [2.75, 3.05) is 24.4 Å². The summed E-state index contributed by atoms with van der Waals surface area (Å²) >= 11 is 0. The fourth-order valence-electron chi connectivity index (χ4n) is 3.62. The largest absolute Gasteiger partial charge is 0.497 e. The van der Waals surface area contributed by atoms with Gasteiger partial charge in [0.15, 0.2) is 0 Å². The van der Waals surface area contributed by atoms with Crippen LogP contribution < -0.4 is 19.7 Å². The fraction of sp³-hybridized carbons (Fsp3) is 0.154. The summed E-state index contributed by atoms with van der Waals surface area (Å²) in [6.45, 7) is 3.99. The number of nitrogens with zero attached hydrogens (tertiary/aromatic N) is 1. The highest BCUT2D eigenvalue weighted by Crippen LogP contribution is 2.35. The first-order valence-corrected chi connectivity index (χ1v) is 10.2. The molecule has 1 aliphatic heterocycles. The van der Waals surface area contributed by atoms with Crippen molar-refractivity contribution in [1.29, 1.82) is 0 Å². The average Bonchev–Trinajstić information content (AvgIpc) is 3.05. The van der Waals surface area contributed by atoms with Crippen molar-refractivity contribution >= 4 is 28.8 Å². The normalized spacial score (nSPS) is 13.6. The Labute approximate surface area is 187 Å². The number of anilines is 2. The molecule has 162 valence electrons. The molecule has 1 N–H and O–H groups in total. The van der Waals surface area contributed by atoms with E-state index < -0.39 is 5.91 Å². The highest BCUT2D eigenvalue weighted by Gasteiger charge is 2.40. The number of hydrogen-bond acceptors (Lipinski definition) is 5. The van der Waals surface area contributed by atoms with E-state index in [1.54, 1.807) is 44.6 Å². The molecule has 1 heterocycles. The molecule has 2 amide bonds. The number of imide groups is 1. The van der Waals surface area contributed by atoms with Gasteiger partial charge < -0.3 is 14.8 Å². The molecule has 6 heteroatoms. The number of rotatable bonds is 6. The smallest absolute Gasteiger partial charge is 0.282 e. The summed E-state index contributed by atoms with van der Waals surface area (Å²) in [5, 5.41) is 3.16. The standard InChI is InChI=1S/C26H24N2O4/c1-16-8-9-18(14-17(16)2)23-24(27-19-6-5-7-22(15-19)32-4)26(30)28(25(23)29)20-10-12-21(31-3)13-11-20/h5-15,27H,1-4H3. The highest BCUT2D eigenvalue weighted by molar-refractivity contribution is 6.46. The topological polar surface area (TPSA) is 67.9 Å². The molecule has 0 unspecified atom stereocenters. The van der Waals surface area contributed by atoms with Crippen molar-refractivity contribution in [2.45, 2.75) is 13.8 Å². The van der Waals surface area contributed by atoms with Crippen LogP contribution in [0.5, 0.6) is 11.5 Å². The van der Waals surface area contributed by atoms with E-state index in [0.717, 1.165) is 11.1 Å². The molecule has 0 atom stereocenters. The van der Waals surface area contributed by atoms with Gasteiger partial charge in [0.2, 0.25) is 0 Å². The summed E-state index contributed by atoms with van der Waals surface area (Å²) in [5.74, 6) is 0.488. The Bertz CT molecular complexity index is 1230. The zero-order chi connectivity index (χ0) is 22.8. The van der Waals surface area contributed by atoms with Crippen LogP contribution in [0.25, 0.3) is 5.57 Å². The maximum absolute atomic E-state index is 13.5. The lowest BCUT2D eigenvalue weighted by atomic mass is 9.99. The minimum Gasteiger partial charge on any atom is -0.497 e. The summed E-state index contributed by atoms with van der Waals surface area (Å²) in [7, 11) is 3.14. The van der Waals surface area contributed by atoms with E-state index in [2.05, 4.69) is 5.32 Å². The Morgan fingerprint density at radius 1 is 0.750 bits per heavy atom. The van der Waals surface area contributed by atoms with E-state index in [-0.39, 0.29) is 11.6 Å². The van der Waals surface area contributed by atoms with Crippen LogP contribution in [-0.2, 0) is 9.59 Å². The molecule has 0 bridgehead atoms. The van der Waals surface area contributed by atoms with Gasteiger partial charge in [-0.3, -0.25) is 9.59 Å². The van der Waals surface area contributed by atoms with Crippen molar-refractivity contribution < 1.29 is 19.1 Å². The van der Waals surface area contributed by atoms with Gasteiger partial charge in [-0.05, 0) is 66.9 Å². The number of nitrogens with one attached hydrogen (secondary N) is 1. The molecular weight excluding hydrogens is 404 g/mol. The molecule has 0 saturated carbocycles. The second-order valence-corrected chi connectivity index (χ2v) is 7.55. The van der Waals surface area contributed by atoms with E-state index in [9.17, 15) is 9.59 Å². The molecule has 4 rings (SSSR count). The maximum atomic E-state index is 13.5. The number of hydrogen-bond donors (Lipinski definition) is 1. The Morgan fingerprint density at radius 2 is 1.47 bits per heavy atom. The third-order valence-corrected chi connectivity index (χ3v) is 5.55.